The summed E-state index contributed by atoms with van der Waals surface area (Å²) in [5, 5.41) is 3.30. The summed E-state index contributed by atoms with van der Waals surface area (Å²) in [6.45, 7) is 3.31. The van der Waals surface area contributed by atoms with Gasteiger partial charge in [-0.05, 0) is 58.0 Å². The minimum atomic E-state index is 0.158. The molecule has 3 N–H and O–H groups in total. The first-order valence-corrected chi connectivity index (χ1v) is 8.98. The first-order chi connectivity index (χ1) is 10.2. The smallest absolute Gasteiger partial charge is 0.223 e. The Morgan fingerprint density at radius 3 is 2.48 bits per heavy atom. The van der Waals surface area contributed by atoms with Gasteiger partial charge in [0.2, 0.25) is 5.91 Å². The molecule has 2 saturated carbocycles. The summed E-state index contributed by atoms with van der Waals surface area (Å²) in [5.41, 5.74) is 6.29. The molecule has 3 fully saturated rings. The van der Waals surface area contributed by atoms with Gasteiger partial charge in [-0.1, -0.05) is 19.3 Å². The zero-order valence-corrected chi connectivity index (χ0v) is 13.3. The molecule has 3 aliphatic rings. The van der Waals surface area contributed by atoms with Crippen molar-refractivity contribution < 1.29 is 4.79 Å². The predicted octanol–water partition coefficient (Wildman–Crippen LogP) is 2.03. The van der Waals surface area contributed by atoms with E-state index in [2.05, 4.69) is 10.2 Å². The van der Waals surface area contributed by atoms with Gasteiger partial charge in [0.1, 0.15) is 0 Å². The Labute approximate surface area is 128 Å². The second-order valence-electron chi connectivity index (χ2n) is 7.47. The van der Waals surface area contributed by atoms with Gasteiger partial charge in [0, 0.05) is 24.0 Å². The largest absolute Gasteiger partial charge is 0.354 e. The molecular formula is C17H31N3O. The lowest BCUT2D eigenvalue weighted by Crippen LogP contribution is -2.54. The maximum absolute atomic E-state index is 12.5. The van der Waals surface area contributed by atoms with E-state index >= 15 is 0 Å². The Bertz CT molecular complexity index is 359. The monoisotopic (exact) mass is 293 g/mol. The van der Waals surface area contributed by atoms with Gasteiger partial charge in [-0.3, -0.25) is 9.69 Å². The summed E-state index contributed by atoms with van der Waals surface area (Å²) in [4.78, 5) is 15.1. The zero-order valence-electron chi connectivity index (χ0n) is 13.3. The highest BCUT2D eigenvalue weighted by Gasteiger charge is 2.41. The lowest BCUT2D eigenvalue weighted by Gasteiger charge is -2.39. The Balaban J connectivity index is 1.55. The van der Waals surface area contributed by atoms with Crippen molar-refractivity contribution in [1.29, 1.82) is 0 Å². The summed E-state index contributed by atoms with van der Waals surface area (Å²) in [6, 6.07) is 0.230. The van der Waals surface area contributed by atoms with E-state index in [-0.39, 0.29) is 23.4 Å². The number of nitrogens with zero attached hydrogens (tertiary/aromatic N) is 1. The molecule has 0 aromatic carbocycles. The van der Waals surface area contributed by atoms with Crippen LogP contribution in [0.25, 0.3) is 0 Å². The average molecular weight is 293 g/mol. The molecule has 1 saturated heterocycles. The molecule has 1 aliphatic heterocycles. The van der Waals surface area contributed by atoms with Crippen molar-refractivity contribution in [2.24, 2.45) is 11.7 Å². The molecule has 2 unspecified atom stereocenters. The third kappa shape index (κ3) is 3.42. The summed E-state index contributed by atoms with van der Waals surface area (Å²) >= 11 is 0. The molecule has 0 radical (unpaired) electrons. The molecule has 2 atom stereocenters. The number of amides is 1. The second-order valence-corrected chi connectivity index (χ2v) is 7.47. The number of likely N-dealkylation sites (tertiary alicyclic amines) is 1. The number of hydrogen-bond donors (Lipinski definition) is 2. The number of nitrogens with one attached hydrogen (secondary N) is 1. The fraction of sp³-hybridized carbons (Fsp3) is 0.941. The van der Waals surface area contributed by atoms with Gasteiger partial charge in [-0.2, -0.15) is 0 Å². The van der Waals surface area contributed by atoms with Crippen molar-refractivity contribution in [2.75, 3.05) is 19.6 Å². The first-order valence-electron chi connectivity index (χ1n) is 8.98. The summed E-state index contributed by atoms with van der Waals surface area (Å²) < 4.78 is 0. The Kier molecular flexibility index (Phi) is 4.85. The molecule has 120 valence electrons. The van der Waals surface area contributed by atoms with Gasteiger partial charge in [-0.15, -0.1) is 0 Å². The zero-order chi connectivity index (χ0) is 14.7. The van der Waals surface area contributed by atoms with E-state index < -0.39 is 0 Å². The number of carbonyl (C=O) groups excluding carboxylic acids is 1. The van der Waals surface area contributed by atoms with Crippen LogP contribution in [0.15, 0.2) is 0 Å². The standard InChI is InChI=1S/C17H31N3O/c18-15-7-5-6-14(12-15)16(21)19-13-17(8-1-2-9-17)20-10-3-4-11-20/h14-15H,1-13,18H2,(H,19,21). The fourth-order valence-corrected chi connectivity index (χ4v) is 4.69. The molecule has 1 heterocycles. The normalized spacial score (nSPS) is 33.2. The Morgan fingerprint density at radius 2 is 1.81 bits per heavy atom. The van der Waals surface area contributed by atoms with Gasteiger partial charge < -0.3 is 11.1 Å². The van der Waals surface area contributed by atoms with Crippen LogP contribution >= 0.6 is 0 Å². The van der Waals surface area contributed by atoms with Gasteiger partial charge in [0.15, 0.2) is 0 Å². The van der Waals surface area contributed by atoms with Crippen molar-refractivity contribution in [1.82, 2.24) is 10.2 Å². The molecule has 0 bridgehead atoms. The average Bonchev–Trinajstić information content (AvgIpc) is 3.16. The van der Waals surface area contributed by atoms with Crippen molar-refractivity contribution >= 4 is 5.91 Å². The number of carbonyl (C=O) groups is 1. The molecule has 4 heteroatoms. The van der Waals surface area contributed by atoms with E-state index in [1.165, 1.54) is 51.6 Å². The van der Waals surface area contributed by atoms with Crippen LogP contribution in [0.5, 0.6) is 0 Å². The number of rotatable bonds is 4. The van der Waals surface area contributed by atoms with Crippen molar-refractivity contribution in [3.63, 3.8) is 0 Å². The molecule has 4 nitrogen and oxygen atoms in total. The predicted molar refractivity (Wildman–Crippen MR) is 84.9 cm³/mol. The minimum absolute atomic E-state index is 0.158. The topological polar surface area (TPSA) is 58.4 Å². The van der Waals surface area contributed by atoms with Crippen LogP contribution in [0, 0.1) is 5.92 Å². The van der Waals surface area contributed by atoms with E-state index in [0.29, 0.717) is 0 Å². The number of nitrogens with two attached hydrogens (primary N) is 1. The molecule has 0 spiro atoms. The molecule has 0 aromatic rings. The van der Waals surface area contributed by atoms with E-state index in [4.69, 9.17) is 5.73 Å². The van der Waals surface area contributed by atoms with Gasteiger partial charge >= 0.3 is 0 Å². The van der Waals surface area contributed by atoms with Gasteiger partial charge in [0.25, 0.3) is 0 Å². The fourth-order valence-electron chi connectivity index (χ4n) is 4.69. The highest BCUT2D eigenvalue weighted by molar-refractivity contribution is 5.78. The van der Waals surface area contributed by atoms with Crippen LogP contribution in [0.2, 0.25) is 0 Å². The van der Waals surface area contributed by atoms with E-state index in [1.54, 1.807) is 0 Å². The quantitative estimate of drug-likeness (QED) is 0.834. The van der Waals surface area contributed by atoms with Crippen LogP contribution < -0.4 is 11.1 Å². The highest BCUT2D eigenvalue weighted by Crippen LogP contribution is 2.37. The Hall–Kier alpha value is -0.610. The molecule has 2 aliphatic carbocycles. The van der Waals surface area contributed by atoms with E-state index in [9.17, 15) is 4.79 Å². The molecule has 21 heavy (non-hydrogen) atoms. The molecular weight excluding hydrogens is 262 g/mol. The maximum atomic E-state index is 12.5. The van der Waals surface area contributed by atoms with Crippen LogP contribution in [-0.2, 0) is 4.79 Å². The van der Waals surface area contributed by atoms with Crippen molar-refractivity contribution in [3.8, 4) is 0 Å². The maximum Gasteiger partial charge on any atom is 0.223 e. The van der Waals surface area contributed by atoms with Crippen LogP contribution in [0.3, 0.4) is 0 Å². The molecule has 3 rings (SSSR count). The Morgan fingerprint density at radius 1 is 1.10 bits per heavy atom. The minimum Gasteiger partial charge on any atom is -0.354 e. The van der Waals surface area contributed by atoms with Crippen molar-refractivity contribution in [2.45, 2.75) is 75.8 Å². The number of hydrogen-bond acceptors (Lipinski definition) is 3. The van der Waals surface area contributed by atoms with E-state index in [1.807, 2.05) is 0 Å². The van der Waals surface area contributed by atoms with Crippen LogP contribution in [-0.4, -0.2) is 42.0 Å². The van der Waals surface area contributed by atoms with Crippen LogP contribution in [0.4, 0.5) is 0 Å². The van der Waals surface area contributed by atoms with Crippen molar-refractivity contribution in [3.05, 3.63) is 0 Å². The first kappa shape index (κ1) is 15.3. The summed E-state index contributed by atoms with van der Waals surface area (Å²) in [7, 11) is 0. The third-order valence-electron chi connectivity index (χ3n) is 5.99. The molecule has 0 aromatic heterocycles. The summed E-state index contributed by atoms with van der Waals surface area (Å²) in [6.07, 6.45) is 11.9. The highest BCUT2D eigenvalue weighted by atomic mass is 16.1. The second kappa shape index (κ2) is 6.66. The lowest BCUT2D eigenvalue weighted by atomic mass is 9.85. The summed E-state index contributed by atoms with van der Waals surface area (Å²) in [5.74, 6) is 0.418. The SMILES string of the molecule is NC1CCCC(C(=O)NCC2(N3CCCC3)CCCC2)C1. The van der Waals surface area contributed by atoms with E-state index in [0.717, 1.165) is 32.2 Å². The van der Waals surface area contributed by atoms with Gasteiger partial charge in [0.05, 0.1) is 0 Å². The van der Waals surface area contributed by atoms with Crippen LogP contribution in [0.1, 0.15) is 64.2 Å². The molecule has 1 amide bonds. The van der Waals surface area contributed by atoms with Gasteiger partial charge in [-0.25, -0.2) is 0 Å². The third-order valence-corrected chi connectivity index (χ3v) is 5.99. The lowest BCUT2D eigenvalue weighted by molar-refractivity contribution is -0.126.